The Morgan fingerprint density at radius 1 is 1.06 bits per heavy atom. The number of unbranched alkanes of at least 4 members (excludes halogenated alkanes) is 1. The van der Waals surface area contributed by atoms with Crippen LogP contribution in [0.5, 0.6) is 0 Å². The highest BCUT2D eigenvalue weighted by Crippen LogP contribution is 2.31. The molecule has 0 aliphatic carbocycles. The summed E-state index contributed by atoms with van der Waals surface area (Å²) in [5.41, 5.74) is 0.557. The van der Waals surface area contributed by atoms with Gasteiger partial charge < -0.3 is 15.2 Å². The standard InChI is InChI=1S/C25H26Cl2N2O6S/c1-2-3-11-35-24(31)16-29(36(33,34)21-14-18(26)13-19(27)15-21)20-7-8-22-17(12-20)5-4-6-23(22)25(32)28-9-10-30/h4-8,12-15,30H,2-3,9-11,16H2,1H3,(H,28,32). The van der Waals surface area contributed by atoms with Gasteiger partial charge in [0.1, 0.15) is 6.54 Å². The molecule has 0 unspecified atom stereocenters. The number of halogens is 2. The molecule has 0 atom stereocenters. The number of rotatable bonds is 11. The summed E-state index contributed by atoms with van der Waals surface area (Å²) in [6.07, 6.45) is 1.47. The maximum absolute atomic E-state index is 13.6. The molecule has 0 heterocycles. The maximum Gasteiger partial charge on any atom is 0.326 e. The number of hydrogen-bond donors (Lipinski definition) is 2. The fourth-order valence-corrected chi connectivity index (χ4v) is 5.63. The quantitative estimate of drug-likeness (QED) is 0.269. The fraction of sp³-hybridized carbons (Fsp3) is 0.280. The Labute approximate surface area is 219 Å². The van der Waals surface area contributed by atoms with E-state index in [1.54, 1.807) is 30.3 Å². The molecule has 0 spiro atoms. The molecule has 1 amide bonds. The van der Waals surface area contributed by atoms with Crippen molar-refractivity contribution < 1.29 is 27.9 Å². The highest BCUT2D eigenvalue weighted by atomic mass is 35.5. The van der Waals surface area contributed by atoms with Gasteiger partial charge in [-0.3, -0.25) is 13.9 Å². The number of nitrogens with zero attached hydrogens (tertiary/aromatic N) is 1. The number of carbonyl (C=O) groups excluding carboxylic acids is 2. The topological polar surface area (TPSA) is 113 Å². The molecule has 0 radical (unpaired) electrons. The molecule has 3 rings (SSSR count). The van der Waals surface area contributed by atoms with Crippen molar-refractivity contribution in [1.82, 2.24) is 5.32 Å². The minimum Gasteiger partial charge on any atom is -0.464 e. The van der Waals surface area contributed by atoms with E-state index in [9.17, 15) is 18.0 Å². The number of carbonyl (C=O) groups is 2. The van der Waals surface area contributed by atoms with Gasteiger partial charge in [-0.25, -0.2) is 8.42 Å². The van der Waals surface area contributed by atoms with Crippen LogP contribution in [0.3, 0.4) is 0 Å². The van der Waals surface area contributed by atoms with Crippen molar-refractivity contribution in [3.8, 4) is 0 Å². The highest BCUT2D eigenvalue weighted by Gasteiger charge is 2.29. The molecule has 8 nitrogen and oxygen atoms in total. The second-order valence-corrected chi connectivity index (χ2v) is 10.6. The molecule has 0 saturated heterocycles. The summed E-state index contributed by atoms with van der Waals surface area (Å²) in [6.45, 7) is 1.45. The van der Waals surface area contributed by atoms with Gasteiger partial charge in [0.25, 0.3) is 15.9 Å². The number of hydrogen-bond acceptors (Lipinski definition) is 6. The van der Waals surface area contributed by atoms with Crippen LogP contribution in [0.25, 0.3) is 10.8 Å². The van der Waals surface area contributed by atoms with Gasteiger partial charge in [0.2, 0.25) is 0 Å². The van der Waals surface area contributed by atoms with Gasteiger partial charge in [0.05, 0.1) is 23.8 Å². The number of aliphatic hydroxyl groups excluding tert-OH is 1. The van der Waals surface area contributed by atoms with Crippen LogP contribution in [0.15, 0.2) is 59.5 Å². The number of fused-ring (bicyclic) bond motifs is 1. The predicted molar refractivity (Wildman–Crippen MR) is 140 cm³/mol. The minimum absolute atomic E-state index is 0.0989. The zero-order chi connectivity index (χ0) is 26.3. The largest absolute Gasteiger partial charge is 0.464 e. The number of anilines is 1. The van der Waals surface area contributed by atoms with Gasteiger partial charge in [-0.2, -0.15) is 0 Å². The van der Waals surface area contributed by atoms with Crippen LogP contribution in [-0.2, 0) is 19.6 Å². The Balaban J connectivity index is 2.07. The van der Waals surface area contributed by atoms with Gasteiger partial charge in [-0.15, -0.1) is 0 Å². The Morgan fingerprint density at radius 2 is 1.78 bits per heavy atom. The summed E-state index contributed by atoms with van der Waals surface area (Å²) in [4.78, 5) is 24.9. The number of ether oxygens (including phenoxy) is 1. The van der Waals surface area contributed by atoms with Crippen LogP contribution in [0.1, 0.15) is 30.1 Å². The zero-order valence-corrected chi connectivity index (χ0v) is 21.9. The molecule has 2 N–H and O–H groups in total. The molecule has 3 aromatic carbocycles. The molecule has 0 aliphatic rings. The fourth-order valence-electron chi connectivity index (χ4n) is 3.50. The zero-order valence-electron chi connectivity index (χ0n) is 19.5. The van der Waals surface area contributed by atoms with Crippen molar-refractivity contribution in [1.29, 1.82) is 0 Å². The Hall–Kier alpha value is -2.85. The van der Waals surface area contributed by atoms with E-state index in [0.717, 1.165) is 10.7 Å². The Bertz CT molecular complexity index is 1340. The van der Waals surface area contributed by atoms with Crippen molar-refractivity contribution in [3.63, 3.8) is 0 Å². The molecule has 0 aromatic heterocycles. The van der Waals surface area contributed by atoms with Gasteiger partial charge >= 0.3 is 5.97 Å². The Morgan fingerprint density at radius 3 is 2.44 bits per heavy atom. The van der Waals surface area contributed by atoms with E-state index >= 15 is 0 Å². The third kappa shape index (κ3) is 6.67. The molecule has 192 valence electrons. The van der Waals surface area contributed by atoms with Crippen molar-refractivity contribution >= 4 is 61.6 Å². The lowest BCUT2D eigenvalue weighted by atomic mass is 10.0. The molecule has 0 saturated carbocycles. The van der Waals surface area contributed by atoms with E-state index in [-0.39, 0.29) is 46.3 Å². The van der Waals surface area contributed by atoms with Gasteiger partial charge in [0, 0.05) is 22.2 Å². The smallest absolute Gasteiger partial charge is 0.326 e. The molecular weight excluding hydrogens is 527 g/mol. The average molecular weight is 553 g/mol. The second-order valence-electron chi connectivity index (χ2n) is 7.88. The van der Waals surface area contributed by atoms with E-state index in [1.807, 2.05) is 6.92 Å². The summed E-state index contributed by atoms with van der Waals surface area (Å²) < 4.78 is 33.4. The van der Waals surface area contributed by atoms with E-state index in [0.29, 0.717) is 22.8 Å². The first kappa shape index (κ1) is 27.7. The number of benzene rings is 3. The SMILES string of the molecule is CCCCOC(=O)CN(c1ccc2c(C(=O)NCCO)cccc2c1)S(=O)(=O)c1cc(Cl)cc(Cl)c1. The minimum atomic E-state index is -4.28. The maximum atomic E-state index is 13.6. The first-order valence-corrected chi connectivity index (χ1v) is 13.4. The molecule has 0 bridgehead atoms. The lowest BCUT2D eigenvalue weighted by Crippen LogP contribution is -2.36. The number of esters is 1. The van der Waals surface area contributed by atoms with Crippen LogP contribution in [0.2, 0.25) is 10.0 Å². The van der Waals surface area contributed by atoms with Crippen molar-refractivity contribution in [2.75, 3.05) is 30.6 Å². The first-order chi connectivity index (χ1) is 17.2. The van der Waals surface area contributed by atoms with Crippen molar-refractivity contribution in [3.05, 3.63) is 70.2 Å². The summed E-state index contributed by atoms with van der Waals surface area (Å²) in [7, 11) is -4.28. The summed E-state index contributed by atoms with van der Waals surface area (Å²) in [6, 6.07) is 13.6. The second kappa shape index (κ2) is 12.4. The highest BCUT2D eigenvalue weighted by molar-refractivity contribution is 7.92. The predicted octanol–water partition coefficient (Wildman–Crippen LogP) is 4.41. The van der Waals surface area contributed by atoms with E-state index in [2.05, 4.69) is 5.32 Å². The van der Waals surface area contributed by atoms with E-state index in [1.165, 1.54) is 24.3 Å². The molecule has 11 heteroatoms. The van der Waals surface area contributed by atoms with E-state index in [4.69, 9.17) is 33.0 Å². The van der Waals surface area contributed by atoms with Crippen molar-refractivity contribution in [2.24, 2.45) is 0 Å². The third-order valence-corrected chi connectivity index (χ3v) is 7.44. The lowest BCUT2D eigenvalue weighted by Gasteiger charge is -2.24. The van der Waals surface area contributed by atoms with E-state index < -0.39 is 22.5 Å². The molecule has 0 fully saturated rings. The van der Waals surface area contributed by atoms with Gasteiger partial charge in [-0.05, 0) is 53.6 Å². The van der Waals surface area contributed by atoms with Gasteiger partial charge in [0.15, 0.2) is 0 Å². The average Bonchev–Trinajstić information content (AvgIpc) is 2.84. The van der Waals surface area contributed by atoms with Crippen LogP contribution in [0, 0.1) is 0 Å². The van der Waals surface area contributed by atoms with Crippen molar-refractivity contribution in [2.45, 2.75) is 24.7 Å². The molecule has 0 aliphatic heterocycles. The number of aliphatic hydroxyl groups is 1. The van der Waals surface area contributed by atoms with Gasteiger partial charge in [-0.1, -0.05) is 54.7 Å². The molecular formula is C25H26Cl2N2O6S. The third-order valence-electron chi connectivity index (χ3n) is 5.25. The number of nitrogens with one attached hydrogen (secondary N) is 1. The lowest BCUT2D eigenvalue weighted by molar-refractivity contribution is -0.141. The summed E-state index contributed by atoms with van der Waals surface area (Å²) in [5, 5.41) is 13.0. The normalized spacial score (nSPS) is 11.3. The van der Waals surface area contributed by atoms with Crippen LogP contribution in [0.4, 0.5) is 5.69 Å². The number of sulfonamides is 1. The van der Waals surface area contributed by atoms with Crippen LogP contribution in [-0.4, -0.2) is 51.7 Å². The molecule has 3 aromatic rings. The number of amides is 1. The first-order valence-electron chi connectivity index (χ1n) is 11.2. The molecule has 36 heavy (non-hydrogen) atoms. The summed E-state index contributed by atoms with van der Waals surface area (Å²) in [5.74, 6) is -1.09. The Kier molecular flexibility index (Phi) is 9.56. The summed E-state index contributed by atoms with van der Waals surface area (Å²) >= 11 is 12.1. The van der Waals surface area contributed by atoms with Crippen LogP contribution < -0.4 is 9.62 Å². The van der Waals surface area contributed by atoms with Crippen LogP contribution >= 0.6 is 23.2 Å². The monoisotopic (exact) mass is 552 g/mol.